The molecule has 1 aromatic carbocycles. The molecule has 1 aromatic rings. The lowest BCUT2D eigenvalue weighted by Gasteiger charge is -2.10. The summed E-state index contributed by atoms with van der Waals surface area (Å²) in [5.74, 6) is -0.0301. The van der Waals surface area contributed by atoms with Crippen LogP contribution in [0.2, 0.25) is 5.02 Å². The van der Waals surface area contributed by atoms with Crippen molar-refractivity contribution in [1.29, 1.82) is 0 Å². The highest BCUT2D eigenvalue weighted by atomic mass is 35.5. The fourth-order valence-electron chi connectivity index (χ4n) is 1.45. The van der Waals surface area contributed by atoms with Crippen LogP contribution in [0.15, 0.2) is 18.2 Å². The van der Waals surface area contributed by atoms with Crippen LogP contribution in [0.4, 0.5) is 14.5 Å². The Bertz CT molecular complexity index is 364. The van der Waals surface area contributed by atoms with Gasteiger partial charge in [0.05, 0.1) is 5.02 Å². The second kappa shape index (κ2) is 8.11. The van der Waals surface area contributed by atoms with Crippen molar-refractivity contribution in [1.82, 2.24) is 0 Å². The molecule has 0 amide bonds. The molecule has 0 fully saturated rings. The molecule has 0 aliphatic heterocycles. The van der Waals surface area contributed by atoms with Crippen molar-refractivity contribution in [2.45, 2.75) is 25.9 Å². The van der Waals surface area contributed by atoms with E-state index < -0.39 is 6.61 Å². The minimum Gasteiger partial charge on any atom is -0.433 e. The summed E-state index contributed by atoms with van der Waals surface area (Å²) in [6.45, 7) is -1.93. The number of aliphatic hydroxyl groups excluding tert-OH is 1. The number of aliphatic hydroxyl groups is 1. The van der Waals surface area contributed by atoms with E-state index in [4.69, 9.17) is 16.7 Å². The van der Waals surface area contributed by atoms with Crippen molar-refractivity contribution >= 4 is 17.3 Å². The number of nitrogens with one attached hydrogen (secondary N) is 1. The molecule has 0 heterocycles. The molecule has 0 radical (unpaired) electrons. The average Bonchev–Trinajstić information content (AvgIpc) is 2.32. The van der Waals surface area contributed by atoms with E-state index in [0.29, 0.717) is 0 Å². The molecular formula is C12H16ClF2NO2. The Morgan fingerprint density at radius 2 is 2.06 bits per heavy atom. The van der Waals surface area contributed by atoms with Gasteiger partial charge in [-0.1, -0.05) is 11.6 Å². The van der Waals surface area contributed by atoms with Crippen LogP contribution in [-0.2, 0) is 0 Å². The fraction of sp³-hybridized carbons (Fsp3) is 0.500. The summed E-state index contributed by atoms with van der Waals surface area (Å²) in [5.41, 5.74) is 0.755. The maximum atomic E-state index is 12.0. The highest BCUT2D eigenvalue weighted by Gasteiger charge is 2.08. The third-order valence-electron chi connectivity index (χ3n) is 2.31. The molecule has 0 spiro atoms. The predicted molar refractivity (Wildman–Crippen MR) is 67.5 cm³/mol. The van der Waals surface area contributed by atoms with Crippen LogP contribution in [0.1, 0.15) is 19.3 Å². The number of anilines is 1. The van der Waals surface area contributed by atoms with Crippen LogP contribution in [0.25, 0.3) is 0 Å². The van der Waals surface area contributed by atoms with E-state index >= 15 is 0 Å². The number of hydrogen-bond donors (Lipinski definition) is 2. The standard InChI is InChI=1S/C12H16ClF2NO2/c13-10-8-9(16-6-2-1-3-7-17)4-5-11(10)18-12(14)15/h4-5,8,12,16-17H,1-3,6-7H2. The summed E-state index contributed by atoms with van der Waals surface area (Å²) in [5, 5.41) is 11.9. The van der Waals surface area contributed by atoms with Gasteiger partial charge in [0.2, 0.25) is 0 Å². The van der Waals surface area contributed by atoms with Crippen molar-refractivity contribution in [2.24, 2.45) is 0 Å². The Kier molecular flexibility index (Phi) is 6.75. The van der Waals surface area contributed by atoms with Crippen molar-refractivity contribution in [3.63, 3.8) is 0 Å². The summed E-state index contributed by atoms with van der Waals surface area (Å²) in [4.78, 5) is 0. The van der Waals surface area contributed by atoms with Gasteiger partial charge in [0.1, 0.15) is 5.75 Å². The van der Waals surface area contributed by atoms with Crippen LogP contribution in [0.3, 0.4) is 0 Å². The van der Waals surface area contributed by atoms with Crippen molar-refractivity contribution in [3.8, 4) is 5.75 Å². The van der Waals surface area contributed by atoms with Crippen LogP contribution in [-0.4, -0.2) is 24.9 Å². The smallest absolute Gasteiger partial charge is 0.387 e. The second-order valence-electron chi connectivity index (χ2n) is 3.73. The molecule has 18 heavy (non-hydrogen) atoms. The van der Waals surface area contributed by atoms with E-state index in [1.807, 2.05) is 0 Å². The van der Waals surface area contributed by atoms with Gasteiger partial charge in [-0.05, 0) is 37.5 Å². The van der Waals surface area contributed by atoms with E-state index in [1.54, 1.807) is 12.1 Å². The van der Waals surface area contributed by atoms with Gasteiger partial charge in [0, 0.05) is 18.8 Å². The van der Waals surface area contributed by atoms with Gasteiger partial charge in [-0.15, -0.1) is 0 Å². The topological polar surface area (TPSA) is 41.5 Å². The molecule has 2 N–H and O–H groups in total. The molecule has 0 atom stereocenters. The maximum Gasteiger partial charge on any atom is 0.387 e. The summed E-state index contributed by atoms with van der Waals surface area (Å²) in [6.07, 6.45) is 2.64. The van der Waals surface area contributed by atoms with Crippen LogP contribution in [0, 0.1) is 0 Å². The monoisotopic (exact) mass is 279 g/mol. The summed E-state index contributed by atoms with van der Waals surface area (Å²) in [6, 6.07) is 4.59. The number of halogens is 3. The number of alkyl halides is 2. The zero-order valence-corrected chi connectivity index (χ0v) is 10.6. The number of unbranched alkanes of at least 4 members (excludes halogenated alkanes) is 2. The Morgan fingerprint density at radius 1 is 1.28 bits per heavy atom. The zero-order chi connectivity index (χ0) is 13.4. The number of benzene rings is 1. The minimum atomic E-state index is -2.88. The Hall–Kier alpha value is -1.07. The SMILES string of the molecule is OCCCCCNc1ccc(OC(F)F)c(Cl)c1. The van der Waals surface area contributed by atoms with E-state index in [-0.39, 0.29) is 17.4 Å². The van der Waals surface area contributed by atoms with E-state index in [0.717, 1.165) is 31.5 Å². The van der Waals surface area contributed by atoms with Gasteiger partial charge >= 0.3 is 6.61 Å². The zero-order valence-electron chi connectivity index (χ0n) is 9.83. The third-order valence-corrected chi connectivity index (χ3v) is 2.61. The van der Waals surface area contributed by atoms with Crippen LogP contribution >= 0.6 is 11.6 Å². The first-order chi connectivity index (χ1) is 8.63. The second-order valence-corrected chi connectivity index (χ2v) is 4.14. The van der Waals surface area contributed by atoms with Crippen LogP contribution < -0.4 is 10.1 Å². The molecule has 3 nitrogen and oxygen atoms in total. The van der Waals surface area contributed by atoms with E-state index in [1.165, 1.54) is 6.07 Å². The quantitative estimate of drug-likeness (QED) is 0.716. The fourth-order valence-corrected chi connectivity index (χ4v) is 1.67. The van der Waals surface area contributed by atoms with E-state index in [9.17, 15) is 8.78 Å². The summed E-state index contributed by atoms with van der Waals surface area (Å²) < 4.78 is 28.2. The van der Waals surface area contributed by atoms with Gasteiger partial charge in [0.25, 0.3) is 0 Å². The molecule has 0 aromatic heterocycles. The predicted octanol–water partition coefficient (Wildman–Crippen LogP) is 3.52. The van der Waals surface area contributed by atoms with Gasteiger partial charge in [0.15, 0.2) is 0 Å². The van der Waals surface area contributed by atoms with E-state index in [2.05, 4.69) is 10.1 Å². The minimum absolute atomic E-state index is 0.0301. The third kappa shape index (κ3) is 5.51. The molecule has 102 valence electrons. The summed E-state index contributed by atoms with van der Waals surface area (Å²) in [7, 11) is 0. The Balaban J connectivity index is 2.41. The first-order valence-electron chi connectivity index (χ1n) is 5.72. The largest absolute Gasteiger partial charge is 0.433 e. The van der Waals surface area contributed by atoms with Crippen molar-refractivity contribution < 1.29 is 18.6 Å². The molecule has 0 unspecified atom stereocenters. The molecule has 1 rings (SSSR count). The molecule has 0 saturated carbocycles. The van der Waals surface area contributed by atoms with Crippen molar-refractivity contribution in [3.05, 3.63) is 23.2 Å². The molecule has 6 heteroatoms. The molecule has 0 aliphatic rings. The lowest BCUT2D eigenvalue weighted by molar-refractivity contribution is -0.0497. The first kappa shape index (κ1) is 15.0. The van der Waals surface area contributed by atoms with Gasteiger partial charge < -0.3 is 15.2 Å². The van der Waals surface area contributed by atoms with Gasteiger partial charge in [-0.25, -0.2) is 0 Å². The number of ether oxygens (including phenoxy) is 1. The lowest BCUT2D eigenvalue weighted by Crippen LogP contribution is -2.04. The lowest BCUT2D eigenvalue weighted by atomic mass is 10.2. The van der Waals surface area contributed by atoms with Gasteiger partial charge in [-0.2, -0.15) is 8.78 Å². The number of hydrogen-bond acceptors (Lipinski definition) is 3. The molecule has 0 aliphatic carbocycles. The highest BCUT2D eigenvalue weighted by molar-refractivity contribution is 6.32. The van der Waals surface area contributed by atoms with Crippen molar-refractivity contribution in [2.75, 3.05) is 18.5 Å². The summed E-state index contributed by atoms with van der Waals surface area (Å²) >= 11 is 5.80. The number of rotatable bonds is 8. The Labute approximate surface area is 110 Å². The normalized spacial score (nSPS) is 10.7. The molecule has 0 bridgehead atoms. The first-order valence-corrected chi connectivity index (χ1v) is 6.10. The average molecular weight is 280 g/mol. The molecule has 0 saturated heterocycles. The molecular weight excluding hydrogens is 264 g/mol. The van der Waals surface area contributed by atoms with Crippen LogP contribution in [0.5, 0.6) is 5.75 Å². The maximum absolute atomic E-state index is 12.0. The van der Waals surface area contributed by atoms with Gasteiger partial charge in [-0.3, -0.25) is 0 Å². The Morgan fingerprint density at radius 3 is 2.67 bits per heavy atom. The highest BCUT2D eigenvalue weighted by Crippen LogP contribution is 2.28.